The van der Waals surface area contributed by atoms with Crippen molar-refractivity contribution in [2.75, 3.05) is 23.5 Å². The number of benzene rings is 5. The van der Waals surface area contributed by atoms with Gasteiger partial charge in [0.2, 0.25) is 11.8 Å². The number of hydrogen-bond acceptors (Lipinski definition) is 6. The van der Waals surface area contributed by atoms with E-state index in [0.29, 0.717) is 25.8 Å². The number of aliphatic hydroxyl groups excluding tert-OH is 1. The predicted molar refractivity (Wildman–Crippen MR) is 239 cm³/mol. The van der Waals surface area contributed by atoms with Gasteiger partial charge in [0, 0.05) is 34.6 Å². The van der Waals surface area contributed by atoms with E-state index < -0.39 is 19.8 Å². The van der Waals surface area contributed by atoms with Crippen molar-refractivity contribution in [2.24, 2.45) is 5.92 Å². The lowest BCUT2D eigenvalue weighted by atomic mass is 9.82. The number of anilines is 3. The van der Waals surface area contributed by atoms with E-state index >= 15 is 4.79 Å². The lowest BCUT2D eigenvalue weighted by Crippen LogP contribution is -2.52. The molecule has 3 amide bonds. The van der Waals surface area contributed by atoms with Crippen LogP contribution in [0.15, 0.2) is 120 Å². The van der Waals surface area contributed by atoms with Gasteiger partial charge < -0.3 is 24.4 Å². The molecule has 9 rings (SSSR count). The van der Waals surface area contributed by atoms with Gasteiger partial charge in [-0.15, -0.1) is 0 Å². The Morgan fingerprint density at radius 2 is 1.62 bits per heavy atom. The third-order valence-electron chi connectivity index (χ3n) is 13.7. The van der Waals surface area contributed by atoms with Crippen molar-refractivity contribution in [2.45, 2.75) is 82.1 Å². The molecule has 5 aromatic carbocycles. The molecule has 5 aromatic rings. The van der Waals surface area contributed by atoms with Crippen LogP contribution in [0.5, 0.6) is 5.75 Å². The quantitative estimate of drug-likeness (QED) is 0.150. The van der Waals surface area contributed by atoms with Crippen LogP contribution in [0.1, 0.15) is 47.6 Å². The maximum absolute atomic E-state index is 15.6. The fraction of sp³-hybridized carbons (Fsp3) is 0.327. The number of para-hydroxylation sites is 1. The molecule has 1 N–H and O–H groups in total. The summed E-state index contributed by atoms with van der Waals surface area (Å²) >= 11 is 3.72. The fourth-order valence-electron chi connectivity index (χ4n) is 10.7. The molecule has 1 saturated heterocycles. The van der Waals surface area contributed by atoms with Gasteiger partial charge in [-0.1, -0.05) is 108 Å². The van der Waals surface area contributed by atoms with Crippen LogP contribution >= 0.6 is 15.9 Å². The summed E-state index contributed by atoms with van der Waals surface area (Å²) in [5, 5.41) is 11.7. The molecule has 4 heterocycles. The highest BCUT2D eigenvalue weighted by atomic mass is 79.9. The zero-order valence-electron chi connectivity index (χ0n) is 34.4. The molecule has 0 aliphatic carbocycles. The lowest BCUT2D eigenvalue weighted by Gasteiger charge is -2.39. The number of amides is 3. The van der Waals surface area contributed by atoms with E-state index in [1.54, 1.807) is 12.0 Å². The minimum atomic E-state index is -2.54. The topological polar surface area (TPSA) is 99.6 Å². The minimum Gasteiger partial charge on any atom is -0.497 e. The minimum absolute atomic E-state index is 0.0415. The average molecular weight is 885 g/mol. The van der Waals surface area contributed by atoms with Gasteiger partial charge in [0.15, 0.2) is 5.60 Å². The summed E-state index contributed by atoms with van der Waals surface area (Å²) in [5.41, 5.74) is 5.92. The number of methoxy groups -OCH3 is 1. The second-order valence-corrected chi connectivity index (χ2v) is 22.9. The Kier molecular flexibility index (Phi) is 10.6. The van der Waals surface area contributed by atoms with E-state index in [-0.39, 0.29) is 54.8 Å². The highest BCUT2D eigenvalue weighted by Crippen LogP contribution is 2.60. The largest absolute Gasteiger partial charge is 0.497 e. The van der Waals surface area contributed by atoms with Crippen molar-refractivity contribution in [1.82, 2.24) is 4.90 Å². The Morgan fingerprint density at radius 3 is 2.37 bits per heavy atom. The Balaban J connectivity index is 1.09. The van der Waals surface area contributed by atoms with Crippen molar-refractivity contribution in [3.63, 3.8) is 0 Å². The highest BCUT2D eigenvalue weighted by Gasteiger charge is 2.66. The van der Waals surface area contributed by atoms with Crippen molar-refractivity contribution in [1.29, 1.82) is 0 Å². The van der Waals surface area contributed by atoms with Crippen molar-refractivity contribution >= 4 is 64.0 Å². The summed E-state index contributed by atoms with van der Waals surface area (Å²) in [6.45, 7) is 7.29. The summed E-state index contributed by atoms with van der Waals surface area (Å²) in [7, 11) is -0.888. The SMILES string of the molecule is COc1ccc([Si](C)(C)[C@H]2[C@H](CC(=O)N3Cc4ccccc4C[C@H]3CO)O[C@@]3(C(=O)N(Cc4cccc(N5C(=O)CCc6ccccc65)c4)c4ccc(Br)cc43)[C@@H]2C)cc1. The van der Waals surface area contributed by atoms with Crippen LogP contribution < -0.4 is 19.7 Å². The Hall–Kier alpha value is -5.07. The molecule has 308 valence electrons. The van der Waals surface area contributed by atoms with Crippen LogP contribution in [0.25, 0.3) is 0 Å². The average Bonchev–Trinajstić information content (AvgIpc) is 3.68. The third kappa shape index (κ3) is 6.70. The molecule has 9 nitrogen and oxygen atoms in total. The second kappa shape index (κ2) is 15.8. The van der Waals surface area contributed by atoms with Gasteiger partial charge in [-0.3, -0.25) is 19.3 Å². The van der Waals surface area contributed by atoms with Crippen molar-refractivity contribution in [3.05, 3.63) is 148 Å². The number of aliphatic hydroxyl groups is 1. The molecule has 0 radical (unpaired) electrons. The number of rotatable bonds is 9. The molecular formula is C49H50BrN3O6Si. The first kappa shape index (κ1) is 40.3. The number of ether oxygens (including phenoxy) is 2. The zero-order chi connectivity index (χ0) is 41.9. The maximum atomic E-state index is 15.6. The van der Waals surface area contributed by atoms with Crippen LogP contribution in [0.2, 0.25) is 18.6 Å². The fourth-order valence-corrected chi connectivity index (χ4v) is 15.0. The predicted octanol–water partition coefficient (Wildman–Crippen LogP) is 8.17. The number of carbonyl (C=O) groups excluding carboxylic acids is 3. The zero-order valence-corrected chi connectivity index (χ0v) is 37.0. The van der Waals surface area contributed by atoms with Crippen molar-refractivity contribution < 1.29 is 29.0 Å². The molecule has 0 unspecified atom stereocenters. The molecule has 60 heavy (non-hydrogen) atoms. The highest BCUT2D eigenvalue weighted by molar-refractivity contribution is 9.10. The smallest absolute Gasteiger partial charge is 0.264 e. The Bertz CT molecular complexity index is 2490. The second-order valence-electron chi connectivity index (χ2n) is 17.3. The van der Waals surface area contributed by atoms with Crippen LogP contribution in [0.4, 0.5) is 17.1 Å². The van der Waals surface area contributed by atoms with Gasteiger partial charge in [-0.2, -0.15) is 0 Å². The van der Waals surface area contributed by atoms with Gasteiger partial charge >= 0.3 is 0 Å². The van der Waals surface area contributed by atoms with Gasteiger partial charge in [-0.25, -0.2) is 0 Å². The first-order valence-corrected chi connectivity index (χ1v) is 24.7. The number of halogens is 1. The van der Waals surface area contributed by atoms with E-state index in [9.17, 15) is 14.7 Å². The Labute approximate surface area is 361 Å². The van der Waals surface area contributed by atoms with Gasteiger partial charge in [0.05, 0.1) is 58.3 Å². The summed E-state index contributed by atoms with van der Waals surface area (Å²) in [5.74, 6) is 0.243. The maximum Gasteiger partial charge on any atom is 0.264 e. The summed E-state index contributed by atoms with van der Waals surface area (Å²) in [4.78, 5) is 49.1. The molecule has 1 spiro atoms. The normalized spacial score (nSPS) is 23.5. The van der Waals surface area contributed by atoms with Crippen molar-refractivity contribution in [3.8, 4) is 5.75 Å². The van der Waals surface area contributed by atoms with E-state index in [1.807, 2.05) is 94.7 Å². The molecule has 5 atom stereocenters. The van der Waals surface area contributed by atoms with Gasteiger partial charge in [0.1, 0.15) is 5.75 Å². The van der Waals surface area contributed by atoms with E-state index in [1.165, 1.54) is 5.19 Å². The van der Waals surface area contributed by atoms with Gasteiger partial charge in [-0.05, 0) is 89.2 Å². The molecule has 0 aromatic heterocycles. The Morgan fingerprint density at radius 1 is 0.883 bits per heavy atom. The van der Waals surface area contributed by atoms with Crippen LogP contribution in [0, 0.1) is 5.92 Å². The number of fused-ring (bicyclic) bond motifs is 4. The number of carbonyl (C=O) groups is 3. The first-order valence-electron chi connectivity index (χ1n) is 20.9. The number of aryl methyl sites for hydroxylation is 1. The molecule has 4 aliphatic heterocycles. The van der Waals surface area contributed by atoms with Crippen LogP contribution in [0.3, 0.4) is 0 Å². The van der Waals surface area contributed by atoms with Crippen LogP contribution in [-0.4, -0.2) is 61.7 Å². The summed E-state index contributed by atoms with van der Waals surface area (Å²) in [6, 6.07) is 37.8. The summed E-state index contributed by atoms with van der Waals surface area (Å²) < 4.78 is 13.7. The molecule has 0 saturated carbocycles. The number of hydrogen-bond donors (Lipinski definition) is 1. The molecule has 0 bridgehead atoms. The van der Waals surface area contributed by atoms with Gasteiger partial charge in [0.25, 0.3) is 5.91 Å². The standard InChI is InChI=1S/C49H50BrN3O6Si/c1-31-47(60(3,4)40-20-18-39(58-2)19-21-40)44(27-46(56)51-29-35-13-6-5-12-34(35)25-38(51)30-54)59-49(31)41-26-36(50)17-22-43(41)52(48(49)57)28-32-10-9-14-37(24-32)53-42-15-8-7-11-33(42)16-23-45(53)55/h5-15,17-22,24,26,31,38,44,47,54H,16,23,25,27-30H2,1-4H3/t31-,38+,44+,47-,49+/m1/s1. The van der Waals surface area contributed by atoms with E-state index in [2.05, 4.69) is 66.3 Å². The molecule has 1 fully saturated rings. The summed E-state index contributed by atoms with van der Waals surface area (Å²) in [6.07, 6.45) is 1.20. The van der Waals surface area contributed by atoms with E-state index in [0.717, 1.165) is 55.1 Å². The van der Waals surface area contributed by atoms with Crippen LogP contribution in [-0.2, 0) is 50.7 Å². The molecular weight excluding hydrogens is 835 g/mol. The third-order valence-corrected chi connectivity index (χ3v) is 18.5. The number of nitrogens with zero attached hydrogens (tertiary/aromatic N) is 3. The molecule has 11 heteroatoms. The monoisotopic (exact) mass is 883 g/mol. The lowest BCUT2D eigenvalue weighted by molar-refractivity contribution is -0.151. The first-order chi connectivity index (χ1) is 28.9. The molecule has 4 aliphatic rings. The van der Waals surface area contributed by atoms with E-state index in [4.69, 9.17) is 9.47 Å².